The van der Waals surface area contributed by atoms with Gasteiger partial charge in [0.05, 0.1) is 18.2 Å². The van der Waals surface area contributed by atoms with Crippen LogP contribution in [0.3, 0.4) is 0 Å². The molecule has 0 aliphatic carbocycles. The van der Waals surface area contributed by atoms with Gasteiger partial charge in [-0.15, -0.1) is 0 Å². The lowest BCUT2D eigenvalue weighted by Crippen LogP contribution is -2.48. The van der Waals surface area contributed by atoms with Gasteiger partial charge in [-0.05, 0) is 25.8 Å². The average Bonchev–Trinajstić information content (AvgIpc) is 2.92. The smallest absolute Gasteiger partial charge is 0.224 e. The van der Waals surface area contributed by atoms with Crippen LogP contribution in [0.2, 0.25) is 0 Å². The highest BCUT2D eigenvalue weighted by molar-refractivity contribution is 5.78. The van der Waals surface area contributed by atoms with E-state index >= 15 is 0 Å². The molecule has 118 valence electrons. The van der Waals surface area contributed by atoms with Crippen molar-refractivity contribution >= 4 is 5.91 Å². The summed E-state index contributed by atoms with van der Waals surface area (Å²) in [5.74, 6) is 0.196. The van der Waals surface area contributed by atoms with Gasteiger partial charge in [0.2, 0.25) is 5.91 Å². The van der Waals surface area contributed by atoms with Gasteiger partial charge in [-0.3, -0.25) is 14.4 Å². The predicted octanol–water partition coefficient (Wildman–Crippen LogP) is 0.657. The number of nitrogens with two attached hydrogens (primary N) is 1. The minimum absolute atomic E-state index is 0.0534. The third-order valence-corrected chi connectivity index (χ3v) is 4.41. The first-order chi connectivity index (χ1) is 10.1. The lowest BCUT2D eigenvalue weighted by atomic mass is 9.91. The van der Waals surface area contributed by atoms with E-state index < -0.39 is 0 Å². The number of piperidine rings is 1. The van der Waals surface area contributed by atoms with Crippen LogP contribution in [0.5, 0.6) is 0 Å². The summed E-state index contributed by atoms with van der Waals surface area (Å²) in [6.07, 6.45) is 6.82. The third-order valence-electron chi connectivity index (χ3n) is 4.41. The lowest BCUT2D eigenvalue weighted by Gasteiger charge is -2.39. The van der Waals surface area contributed by atoms with Crippen LogP contribution in [0.4, 0.5) is 0 Å². The van der Waals surface area contributed by atoms with E-state index in [4.69, 9.17) is 5.73 Å². The highest BCUT2D eigenvalue weighted by Gasteiger charge is 2.33. The van der Waals surface area contributed by atoms with Gasteiger partial charge in [0.25, 0.3) is 0 Å². The van der Waals surface area contributed by atoms with E-state index in [-0.39, 0.29) is 23.9 Å². The van der Waals surface area contributed by atoms with Gasteiger partial charge in [0.15, 0.2) is 0 Å². The summed E-state index contributed by atoms with van der Waals surface area (Å²) >= 11 is 0. The van der Waals surface area contributed by atoms with E-state index in [1.807, 2.05) is 24.1 Å². The Morgan fingerprint density at radius 2 is 2.38 bits per heavy atom. The first-order valence-corrected chi connectivity index (χ1v) is 7.76. The van der Waals surface area contributed by atoms with Crippen molar-refractivity contribution in [1.82, 2.24) is 20.0 Å². The zero-order valence-electron chi connectivity index (χ0n) is 13.2. The SMILES string of the molecule is CCC(N)C(c1cnn(C)c1)N1CCCC(C(=O)NC)C1. The van der Waals surface area contributed by atoms with Crippen LogP contribution in [0.15, 0.2) is 12.4 Å². The number of nitrogens with one attached hydrogen (secondary N) is 1. The fraction of sp³-hybridized carbons (Fsp3) is 0.733. The summed E-state index contributed by atoms with van der Waals surface area (Å²) in [4.78, 5) is 14.3. The van der Waals surface area contributed by atoms with Gasteiger partial charge < -0.3 is 11.1 Å². The van der Waals surface area contributed by atoms with Crippen molar-refractivity contribution in [2.45, 2.75) is 38.3 Å². The maximum absolute atomic E-state index is 11.9. The molecule has 6 nitrogen and oxygen atoms in total. The molecule has 6 heteroatoms. The number of hydrogen-bond donors (Lipinski definition) is 2. The Bertz CT molecular complexity index is 472. The monoisotopic (exact) mass is 293 g/mol. The molecule has 0 bridgehead atoms. The number of carbonyl (C=O) groups is 1. The molecule has 1 saturated heterocycles. The van der Waals surface area contributed by atoms with Crippen molar-refractivity contribution in [3.8, 4) is 0 Å². The standard InChI is InChI=1S/C15H27N5O/c1-4-13(16)14(12-8-18-19(3)9-12)20-7-5-6-11(10-20)15(21)17-2/h8-9,11,13-14H,4-7,10,16H2,1-3H3,(H,17,21). The maximum atomic E-state index is 11.9. The second-order valence-electron chi connectivity index (χ2n) is 5.91. The molecule has 3 atom stereocenters. The van der Waals surface area contributed by atoms with Gasteiger partial charge >= 0.3 is 0 Å². The third kappa shape index (κ3) is 3.63. The van der Waals surface area contributed by atoms with Crippen LogP contribution in [-0.4, -0.2) is 46.8 Å². The summed E-state index contributed by atoms with van der Waals surface area (Å²) in [7, 11) is 3.62. The molecule has 0 spiro atoms. The highest BCUT2D eigenvalue weighted by Crippen LogP contribution is 2.29. The van der Waals surface area contributed by atoms with Gasteiger partial charge in [0.1, 0.15) is 0 Å². The summed E-state index contributed by atoms with van der Waals surface area (Å²) in [5.41, 5.74) is 7.51. The van der Waals surface area contributed by atoms with Crippen LogP contribution in [0.25, 0.3) is 0 Å². The number of nitrogens with zero attached hydrogens (tertiary/aromatic N) is 3. The summed E-state index contributed by atoms with van der Waals surface area (Å²) in [6, 6.07) is 0.189. The van der Waals surface area contributed by atoms with Crippen LogP contribution in [0, 0.1) is 5.92 Å². The molecule has 1 fully saturated rings. The van der Waals surface area contributed by atoms with Crippen molar-refractivity contribution < 1.29 is 4.79 Å². The Hall–Kier alpha value is -1.40. The quantitative estimate of drug-likeness (QED) is 0.836. The molecule has 3 N–H and O–H groups in total. The van der Waals surface area contributed by atoms with Crippen LogP contribution in [0.1, 0.15) is 37.8 Å². The van der Waals surface area contributed by atoms with Gasteiger partial charge in [0, 0.05) is 38.4 Å². The molecule has 2 heterocycles. The fourth-order valence-electron chi connectivity index (χ4n) is 3.22. The van der Waals surface area contributed by atoms with Crippen LogP contribution >= 0.6 is 0 Å². The number of rotatable bonds is 5. The number of aryl methyl sites for hydroxylation is 1. The Kier molecular flexibility index (Phi) is 5.36. The molecular weight excluding hydrogens is 266 g/mol. The Morgan fingerprint density at radius 3 is 2.95 bits per heavy atom. The summed E-state index contributed by atoms with van der Waals surface area (Å²) in [6.45, 7) is 3.86. The normalized spacial score (nSPS) is 22.8. The zero-order valence-corrected chi connectivity index (χ0v) is 13.2. The van der Waals surface area contributed by atoms with Crippen molar-refractivity contribution in [3.05, 3.63) is 18.0 Å². The van der Waals surface area contributed by atoms with Crippen LogP contribution < -0.4 is 11.1 Å². The van der Waals surface area contributed by atoms with E-state index in [9.17, 15) is 4.79 Å². The van der Waals surface area contributed by atoms with Gasteiger partial charge in [-0.25, -0.2) is 0 Å². The molecule has 0 saturated carbocycles. The number of aromatic nitrogens is 2. The van der Waals surface area contributed by atoms with E-state index in [0.29, 0.717) is 0 Å². The minimum atomic E-state index is 0.0534. The summed E-state index contributed by atoms with van der Waals surface area (Å²) in [5, 5.41) is 7.04. The number of carbonyl (C=O) groups excluding carboxylic acids is 1. The van der Waals surface area contributed by atoms with Crippen LogP contribution in [-0.2, 0) is 11.8 Å². The van der Waals surface area contributed by atoms with E-state index in [0.717, 1.165) is 37.9 Å². The Balaban J connectivity index is 2.18. The minimum Gasteiger partial charge on any atom is -0.359 e. The zero-order chi connectivity index (χ0) is 15.4. The molecule has 1 aliphatic rings. The molecule has 1 aromatic rings. The number of amides is 1. The lowest BCUT2D eigenvalue weighted by molar-refractivity contribution is -0.126. The second-order valence-corrected chi connectivity index (χ2v) is 5.91. The summed E-state index contributed by atoms with van der Waals surface area (Å²) < 4.78 is 1.81. The first-order valence-electron chi connectivity index (χ1n) is 7.76. The Labute approximate surface area is 126 Å². The molecule has 21 heavy (non-hydrogen) atoms. The molecule has 1 amide bonds. The van der Waals surface area contributed by atoms with Crippen molar-refractivity contribution in [1.29, 1.82) is 0 Å². The Morgan fingerprint density at radius 1 is 1.62 bits per heavy atom. The van der Waals surface area contributed by atoms with Gasteiger partial charge in [-0.1, -0.05) is 6.92 Å². The first kappa shape index (κ1) is 16.0. The van der Waals surface area contributed by atoms with E-state index in [1.54, 1.807) is 7.05 Å². The maximum Gasteiger partial charge on any atom is 0.224 e. The van der Waals surface area contributed by atoms with E-state index in [1.165, 1.54) is 0 Å². The average molecular weight is 293 g/mol. The molecule has 1 aliphatic heterocycles. The van der Waals surface area contributed by atoms with Gasteiger partial charge in [-0.2, -0.15) is 5.10 Å². The van der Waals surface area contributed by atoms with Crippen molar-refractivity contribution in [2.75, 3.05) is 20.1 Å². The second kappa shape index (κ2) is 7.04. The molecular formula is C15H27N5O. The van der Waals surface area contributed by atoms with Crippen molar-refractivity contribution in [2.24, 2.45) is 18.7 Å². The fourth-order valence-corrected chi connectivity index (χ4v) is 3.22. The highest BCUT2D eigenvalue weighted by atomic mass is 16.1. The largest absolute Gasteiger partial charge is 0.359 e. The molecule has 0 radical (unpaired) electrons. The molecule has 1 aromatic heterocycles. The topological polar surface area (TPSA) is 76.2 Å². The molecule has 0 aromatic carbocycles. The predicted molar refractivity (Wildman–Crippen MR) is 82.6 cm³/mol. The molecule has 3 unspecified atom stereocenters. The number of hydrogen-bond acceptors (Lipinski definition) is 4. The molecule has 2 rings (SSSR count). The number of likely N-dealkylation sites (tertiary alicyclic amines) is 1. The van der Waals surface area contributed by atoms with Crippen molar-refractivity contribution in [3.63, 3.8) is 0 Å². The van der Waals surface area contributed by atoms with E-state index in [2.05, 4.69) is 22.2 Å².